The third-order valence-corrected chi connectivity index (χ3v) is 5.88. The number of aromatic amines is 2. The molecule has 6 nitrogen and oxygen atoms in total. The van der Waals surface area contributed by atoms with Crippen LogP contribution in [-0.4, -0.2) is 34.8 Å². The largest absolute Gasteiger partial charge is 0.337 e. The van der Waals surface area contributed by atoms with Gasteiger partial charge in [0.05, 0.1) is 21.4 Å². The molecule has 0 saturated heterocycles. The number of fused-ring (bicyclic) bond motifs is 2. The highest BCUT2D eigenvalue weighted by molar-refractivity contribution is 7.90. The lowest BCUT2D eigenvalue weighted by atomic mass is 10.0. The fraction of sp³-hybridized carbons (Fsp3) is 0.0476. The number of para-hydroxylation sites is 2. The molecule has 0 aliphatic carbocycles. The summed E-state index contributed by atoms with van der Waals surface area (Å²) in [7, 11) is -3.26. The van der Waals surface area contributed by atoms with E-state index in [-0.39, 0.29) is 0 Å². The molecule has 0 fully saturated rings. The van der Waals surface area contributed by atoms with Gasteiger partial charge in [0.15, 0.2) is 15.7 Å². The van der Waals surface area contributed by atoms with E-state index in [2.05, 4.69) is 20.2 Å². The summed E-state index contributed by atoms with van der Waals surface area (Å²) < 4.78 is 23.8. The number of H-pyrrole nitrogens is 2. The van der Waals surface area contributed by atoms with Crippen molar-refractivity contribution in [3.8, 4) is 22.6 Å². The predicted molar refractivity (Wildman–Crippen MR) is 110 cm³/mol. The maximum atomic E-state index is 11.9. The van der Waals surface area contributed by atoms with E-state index in [0.717, 1.165) is 38.8 Å². The van der Waals surface area contributed by atoms with Gasteiger partial charge in [-0.3, -0.25) is 5.10 Å². The zero-order valence-corrected chi connectivity index (χ0v) is 15.8. The molecule has 7 heteroatoms. The third-order valence-electron chi connectivity index (χ3n) is 4.77. The molecule has 0 aliphatic rings. The first kappa shape index (κ1) is 16.7. The summed E-state index contributed by atoms with van der Waals surface area (Å²) in [5.41, 5.74) is 5.19. The minimum Gasteiger partial charge on any atom is -0.337 e. The quantitative estimate of drug-likeness (QED) is 0.485. The normalized spacial score (nSPS) is 12.0. The van der Waals surface area contributed by atoms with Gasteiger partial charge in [0.25, 0.3) is 0 Å². The van der Waals surface area contributed by atoms with Gasteiger partial charge in [0.1, 0.15) is 5.69 Å². The van der Waals surface area contributed by atoms with Crippen molar-refractivity contribution in [3.05, 3.63) is 66.7 Å². The first-order chi connectivity index (χ1) is 13.5. The lowest BCUT2D eigenvalue weighted by molar-refractivity contribution is 0.602. The molecule has 0 bridgehead atoms. The van der Waals surface area contributed by atoms with Crippen LogP contribution in [0.15, 0.2) is 71.6 Å². The highest BCUT2D eigenvalue weighted by atomic mass is 32.2. The fourth-order valence-corrected chi connectivity index (χ4v) is 4.01. The van der Waals surface area contributed by atoms with Crippen LogP contribution in [0, 0.1) is 0 Å². The fourth-order valence-electron chi connectivity index (χ4n) is 3.35. The van der Waals surface area contributed by atoms with E-state index in [0.29, 0.717) is 10.7 Å². The molecule has 3 aromatic carbocycles. The summed E-state index contributed by atoms with van der Waals surface area (Å²) in [6.07, 6.45) is 1.21. The minimum absolute atomic E-state index is 0.301. The molecule has 5 aromatic rings. The van der Waals surface area contributed by atoms with E-state index in [9.17, 15) is 8.42 Å². The summed E-state index contributed by atoms with van der Waals surface area (Å²) in [6, 6.07) is 20.7. The average Bonchev–Trinajstić information content (AvgIpc) is 3.30. The Kier molecular flexibility index (Phi) is 3.60. The van der Waals surface area contributed by atoms with Gasteiger partial charge in [-0.1, -0.05) is 30.3 Å². The molecule has 0 amide bonds. The van der Waals surface area contributed by atoms with Crippen LogP contribution in [0.5, 0.6) is 0 Å². The lowest BCUT2D eigenvalue weighted by Crippen LogP contribution is -1.96. The summed E-state index contributed by atoms with van der Waals surface area (Å²) >= 11 is 0. The van der Waals surface area contributed by atoms with Gasteiger partial charge in [0, 0.05) is 11.6 Å². The molecule has 0 atom stereocenters. The molecule has 2 N–H and O–H groups in total. The Hall–Kier alpha value is -3.45. The van der Waals surface area contributed by atoms with E-state index in [4.69, 9.17) is 0 Å². The maximum Gasteiger partial charge on any atom is 0.175 e. The van der Waals surface area contributed by atoms with Crippen molar-refractivity contribution in [2.75, 3.05) is 6.26 Å². The standard InChI is InChI=1S/C21H16N4O2S/c1-28(26,27)15-6-4-5-13(11-15)14-9-10-17-16(12-14)20(25-24-17)21-22-18-7-2-3-8-19(18)23-21/h2-12H,1H3,(H,22,23)(H,24,25). The van der Waals surface area contributed by atoms with E-state index in [1.807, 2.05) is 48.5 Å². The number of aromatic nitrogens is 4. The van der Waals surface area contributed by atoms with Crippen molar-refractivity contribution in [1.82, 2.24) is 20.2 Å². The van der Waals surface area contributed by atoms with Gasteiger partial charge < -0.3 is 4.98 Å². The second kappa shape index (κ2) is 6.03. The second-order valence-corrected chi connectivity index (χ2v) is 8.75. The number of hydrogen-bond acceptors (Lipinski definition) is 4. The van der Waals surface area contributed by atoms with Crippen LogP contribution in [-0.2, 0) is 9.84 Å². The topological polar surface area (TPSA) is 91.5 Å². The number of rotatable bonds is 3. The van der Waals surface area contributed by atoms with Crippen molar-refractivity contribution < 1.29 is 8.42 Å². The highest BCUT2D eigenvalue weighted by Crippen LogP contribution is 2.31. The molecule has 138 valence electrons. The Morgan fingerprint density at radius 2 is 1.68 bits per heavy atom. The SMILES string of the molecule is CS(=O)(=O)c1cccc(-c2ccc3[nH]nc(-c4nc5ccccc5[nH]4)c3c2)c1. The summed E-state index contributed by atoms with van der Waals surface area (Å²) in [5, 5.41) is 8.40. The van der Waals surface area contributed by atoms with Crippen molar-refractivity contribution in [2.45, 2.75) is 4.90 Å². The zero-order valence-electron chi connectivity index (χ0n) is 15.0. The molecule has 2 heterocycles. The summed E-state index contributed by atoms with van der Waals surface area (Å²) in [6.45, 7) is 0. The van der Waals surface area contributed by atoms with E-state index < -0.39 is 9.84 Å². The Morgan fingerprint density at radius 1 is 0.857 bits per heavy atom. The molecule has 5 rings (SSSR count). The van der Waals surface area contributed by atoms with Crippen molar-refractivity contribution >= 4 is 31.8 Å². The van der Waals surface area contributed by atoms with E-state index in [1.54, 1.807) is 18.2 Å². The molecule has 0 radical (unpaired) electrons. The van der Waals surface area contributed by atoms with E-state index in [1.165, 1.54) is 6.26 Å². The molecule has 28 heavy (non-hydrogen) atoms. The lowest BCUT2D eigenvalue weighted by Gasteiger charge is -2.05. The number of hydrogen-bond donors (Lipinski definition) is 2. The Labute approximate surface area is 161 Å². The predicted octanol–water partition coefficient (Wildman–Crippen LogP) is 4.18. The average molecular weight is 388 g/mol. The number of sulfone groups is 1. The van der Waals surface area contributed by atoms with Crippen LogP contribution >= 0.6 is 0 Å². The van der Waals surface area contributed by atoms with Crippen LogP contribution in [0.4, 0.5) is 0 Å². The van der Waals surface area contributed by atoms with Crippen LogP contribution in [0.25, 0.3) is 44.6 Å². The van der Waals surface area contributed by atoms with Gasteiger partial charge in [0.2, 0.25) is 0 Å². The van der Waals surface area contributed by atoms with Crippen molar-refractivity contribution in [3.63, 3.8) is 0 Å². The number of imidazole rings is 1. The Bertz CT molecular complexity index is 1410. The molecule has 0 saturated carbocycles. The number of nitrogens with one attached hydrogen (secondary N) is 2. The van der Waals surface area contributed by atoms with Crippen LogP contribution in [0.1, 0.15) is 0 Å². The van der Waals surface area contributed by atoms with Crippen LogP contribution in [0.2, 0.25) is 0 Å². The van der Waals surface area contributed by atoms with E-state index >= 15 is 0 Å². The van der Waals surface area contributed by atoms with Crippen molar-refractivity contribution in [1.29, 1.82) is 0 Å². The molecular formula is C21H16N4O2S. The number of nitrogens with zero attached hydrogens (tertiary/aromatic N) is 2. The Morgan fingerprint density at radius 3 is 2.50 bits per heavy atom. The number of benzene rings is 3. The van der Waals surface area contributed by atoms with Crippen molar-refractivity contribution in [2.24, 2.45) is 0 Å². The smallest absolute Gasteiger partial charge is 0.175 e. The third kappa shape index (κ3) is 2.76. The second-order valence-electron chi connectivity index (χ2n) is 6.74. The molecule has 0 unspecified atom stereocenters. The molecule has 0 aliphatic heterocycles. The van der Waals surface area contributed by atoms with Gasteiger partial charge >= 0.3 is 0 Å². The van der Waals surface area contributed by atoms with Gasteiger partial charge in [-0.2, -0.15) is 5.10 Å². The highest BCUT2D eigenvalue weighted by Gasteiger charge is 2.14. The molecule has 0 spiro atoms. The monoisotopic (exact) mass is 388 g/mol. The molecule has 2 aromatic heterocycles. The van der Waals surface area contributed by atoms with Gasteiger partial charge in [-0.05, 0) is 47.5 Å². The van der Waals surface area contributed by atoms with Gasteiger partial charge in [-0.15, -0.1) is 0 Å². The first-order valence-corrected chi connectivity index (χ1v) is 10.6. The van der Waals surface area contributed by atoms with Gasteiger partial charge in [-0.25, -0.2) is 13.4 Å². The van der Waals surface area contributed by atoms with Crippen LogP contribution in [0.3, 0.4) is 0 Å². The summed E-state index contributed by atoms with van der Waals surface area (Å²) in [4.78, 5) is 8.24. The summed E-state index contributed by atoms with van der Waals surface area (Å²) in [5.74, 6) is 0.689. The minimum atomic E-state index is -3.26. The van der Waals surface area contributed by atoms with Crippen LogP contribution < -0.4 is 0 Å². The Balaban J connectivity index is 1.67. The zero-order chi connectivity index (χ0) is 19.3. The first-order valence-electron chi connectivity index (χ1n) is 8.73. The maximum absolute atomic E-state index is 11.9. The molecular weight excluding hydrogens is 372 g/mol.